The molecule has 1 aromatic heterocycles. The maximum Gasteiger partial charge on any atom is 0.220 e. The first kappa shape index (κ1) is 13.6. The Hall–Kier alpha value is -0.870. The van der Waals surface area contributed by atoms with E-state index in [9.17, 15) is 4.79 Å². The standard InChI is InChI=1S/C14H22N2OS/c1-14(7-9-15-10-8-14)16-13(17)6-2-4-12-5-3-11-18-12/h3,5,11,15H,2,4,6-10H2,1H3,(H,16,17). The zero-order valence-electron chi connectivity index (χ0n) is 11.0. The Kier molecular flexibility index (Phi) is 4.78. The number of carbonyl (C=O) groups excluding carboxylic acids is 1. The number of aryl methyl sites for hydroxylation is 1. The van der Waals surface area contributed by atoms with Crippen LogP contribution in [-0.2, 0) is 11.2 Å². The molecule has 0 atom stereocenters. The monoisotopic (exact) mass is 266 g/mol. The molecule has 0 radical (unpaired) electrons. The molecular formula is C14H22N2OS. The summed E-state index contributed by atoms with van der Waals surface area (Å²) < 4.78 is 0. The van der Waals surface area contributed by atoms with Crippen LogP contribution < -0.4 is 10.6 Å². The average Bonchev–Trinajstić information content (AvgIpc) is 2.82. The molecule has 4 heteroatoms. The molecule has 1 aliphatic heterocycles. The van der Waals surface area contributed by atoms with Crippen molar-refractivity contribution in [2.75, 3.05) is 13.1 Å². The van der Waals surface area contributed by atoms with E-state index in [1.54, 1.807) is 11.3 Å². The van der Waals surface area contributed by atoms with Crippen molar-refractivity contribution >= 4 is 17.2 Å². The van der Waals surface area contributed by atoms with Gasteiger partial charge in [-0.15, -0.1) is 11.3 Å². The lowest BCUT2D eigenvalue weighted by atomic mass is 9.90. The maximum atomic E-state index is 11.9. The Bertz CT molecular complexity index is 369. The van der Waals surface area contributed by atoms with Gasteiger partial charge in [-0.05, 0) is 57.1 Å². The van der Waals surface area contributed by atoms with Crippen LogP contribution in [0.2, 0.25) is 0 Å². The van der Waals surface area contributed by atoms with Gasteiger partial charge in [0, 0.05) is 16.8 Å². The summed E-state index contributed by atoms with van der Waals surface area (Å²) in [6.45, 7) is 4.17. The highest BCUT2D eigenvalue weighted by molar-refractivity contribution is 7.09. The van der Waals surface area contributed by atoms with Crippen LogP contribution in [0.25, 0.3) is 0 Å². The van der Waals surface area contributed by atoms with Crippen molar-refractivity contribution in [2.45, 2.75) is 44.6 Å². The smallest absolute Gasteiger partial charge is 0.220 e. The predicted molar refractivity (Wildman–Crippen MR) is 75.9 cm³/mol. The van der Waals surface area contributed by atoms with E-state index in [0.29, 0.717) is 6.42 Å². The lowest BCUT2D eigenvalue weighted by Gasteiger charge is -2.35. The Morgan fingerprint density at radius 2 is 2.28 bits per heavy atom. The first-order valence-corrected chi connectivity index (χ1v) is 7.60. The summed E-state index contributed by atoms with van der Waals surface area (Å²) in [5.41, 5.74) is 0.00522. The van der Waals surface area contributed by atoms with Crippen molar-refractivity contribution in [3.8, 4) is 0 Å². The van der Waals surface area contributed by atoms with Crippen LogP contribution in [0.5, 0.6) is 0 Å². The molecule has 0 spiro atoms. The Morgan fingerprint density at radius 1 is 1.50 bits per heavy atom. The van der Waals surface area contributed by atoms with Gasteiger partial charge < -0.3 is 10.6 Å². The number of hydrogen-bond acceptors (Lipinski definition) is 3. The van der Waals surface area contributed by atoms with Crippen molar-refractivity contribution in [1.29, 1.82) is 0 Å². The number of piperidine rings is 1. The normalized spacial score (nSPS) is 18.5. The second kappa shape index (κ2) is 6.34. The predicted octanol–water partition coefficient (Wildman–Crippen LogP) is 2.33. The molecule has 1 amide bonds. The van der Waals surface area contributed by atoms with Crippen LogP contribution in [-0.4, -0.2) is 24.5 Å². The molecule has 0 aromatic carbocycles. The van der Waals surface area contributed by atoms with Crippen LogP contribution in [0.3, 0.4) is 0 Å². The molecule has 2 N–H and O–H groups in total. The van der Waals surface area contributed by atoms with Gasteiger partial charge in [-0.25, -0.2) is 0 Å². The molecule has 0 aliphatic carbocycles. The van der Waals surface area contributed by atoms with Gasteiger partial charge in [0.05, 0.1) is 0 Å². The minimum atomic E-state index is 0.00522. The van der Waals surface area contributed by atoms with Crippen molar-refractivity contribution in [3.63, 3.8) is 0 Å². The molecule has 1 saturated heterocycles. The molecule has 0 bridgehead atoms. The molecule has 18 heavy (non-hydrogen) atoms. The second-order valence-electron chi connectivity index (χ2n) is 5.29. The van der Waals surface area contributed by atoms with E-state index >= 15 is 0 Å². The molecular weight excluding hydrogens is 244 g/mol. The summed E-state index contributed by atoms with van der Waals surface area (Å²) in [6.07, 6.45) is 4.66. The Morgan fingerprint density at radius 3 is 2.94 bits per heavy atom. The fraction of sp³-hybridized carbons (Fsp3) is 0.643. The van der Waals surface area contributed by atoms with Crippen molar-refractivity contribution in [3.05, 3.63) is 22.4 Å². The molecule has 1 aliphatic rings. The number of thiophene rings is 1. The van der Waals surface area contributed by atoms with Crippen molar-refractivity contribution < 1.29 is 4.79 Å². The fourth-order valence-electron chi connectivity index (χ4n) is 2.38. The van der Waals surface area contributed by atoms with Gasteiger partial charge in [0.25, 0.3) is 0 Å². The first-order chi connectivity index (χ1) is 8.68. The lowest BCUT2D eigenvalue weighted by molar-refractivity contribution is -0.123. The van der Waals surface area contributed by atoms with Crippen molar-refractivity contribution in [2.24, 2.45) is 0 Å². The summed E-state index contributed by atoms with van der Waals surface area (Å²) in [4.78, 5) is 13.3. The van der Waals surface area contributed by atoms with Gasteiger partial charge in [-0.1, -0.05) is 6.07 Å². The van der Waals surface area contributed by atoms with Crippen LogP contribution >= 0.6 is 11.3 Å². The van der Waals surface area contributed by atoms with Crippen molar-refractivity contribution in [1.82, 2.24) is 10.6 Å². The van der Waals surface area contributed by atoms with Gasteiger partial charge in [0.2, 0.25) is 5.91 Å². The van der Waals surface area contributed by atoms with Crippen LogP contribution in [0, 0.1) is 0 Å². The summed E-state index contributed by atoms with van der Waals surface area (Å²) >= 11 is 1.77. The summed E-state index contributed by atoms with van der Waals surface area (Å²) in [5, 5.41) is 8.61. The molecule has 0 unspecified atom stereocenters. The number of nitrogens with one attached hydrogen (secondary N) is 2. The lowest BCUT2D eigenvalue weighted by Crippen LogP contribution is -2.52. The molecule has 3 nitrogen and oxygen atoms in total. The van der Waals surface area contributed by atoms with E-state index < -0.39 is 0 Å². The minimum Gasteiger partial charge on any atom is -0.351 e. The third-order valence-electron chi connectivity index (χ3n) is 3.56. The second-order valence-corrected chi connectivity index (χ2v) is 6.32. The Labute approximate surface area is 113 Å². The maximum absolute atomic E-state index is 11.9. The van der Waals surface area contributed by atoms with E-state index in [2.05, 4.69) is 35.1 Å². The molecule has 1 fully saturated rings. The molecule has 0 saturated carbocycles. The quantitative estimate of drug-likeness (QED) is 0.859. The highest BCUT2D eigenvalue weighted by Crippen LogP contribution is 2.18. The summed E-state index contributed by atoms with van der Waals surface area (Å²) in [5.74, 6) is 0.205. The van der Waals surface area contributed by atoms with Gasteiger partial charge >= 0.3 is 0 Å². The molecule has 2 rings (SSSR count). The van der Waals surface area contributed by atoms with Crippen LogP contribution in [0.15, 0.2) is 17.5 Å². The van der Waals surface area contributed by atoms with Crippen LogP contribution in [0.4, 0.5) is 0 Å². The number of hydrogen-bond donors (Lipinski definition) is 2. The summed E-state index contributed by atoms with van der Waals surface area (Å²) in [7, 11) is 0. The van der Waals surface area contributed by atoms with E-state index in [4.69, 9.17) is 0 Å². The largest absolute Gasteiger partial charge is 0.351 e. The Balaban J connectivity index is 1.68. The SMILES string of the molecule is CC1(NC(=O)CCCc2cccs2)CCNCC1. The van der Waals surface area contributed by atoms with E-state index in [-0.39, 0.29) is 11.4 Å². The number of rotatable bonds is 5. The van der Waals surface area contributed by atoms with E-state index in [1.807, 2.05) is 0 Å². The van der Waals surface area contributed by atoms with E-state index in [1.165, 1.54) is 4.88 Å². The first-order valence-electron chi connectivity index (χ1n) is 6.72. The zero-order valence-corrected chi connectivity index (χ0v) is 11.8. The van der Waals surface area contributed by atoms with E-state index in [0.717, 1.165) is 38.8 Å². The molecule has 100 valence electrons. The minimum absolute atomic E-state index is 0.00522. The fourth-order valence-corrected chi connectivity index (χ4v) is 3.13. The van der Waals surface area contributed by atoms with Gasteiger partial charge in [0.1, 0.15) is 0 Å². The van der Waals surface area contributed by atoms with Gasteiger partial charge in [-0.2, -0.15) is 0 Å². The highest BCUT2D eigenvalue weighted by atomic mass is 32.1. The topological polar surface area (TPSA) is 41.1 Å². The summed E-state index contributed by atoms with van der Waals surface area (Å²) in [6, 6.07) is 4.20. The number of amides is 1. The molecule has 1 aromatic rings. The highest BCUT2D eigenvalue weighted by Gasteiger charge is 2.27. The zero-order chi connectivity index (χ0) is 12.8. The third-order valence-corrected chi connectivity index (χ3v) is 4.49. The van der Waals surface area contributed by atoms with Gasteiger partial charge in [-0.3, -0.25) is 4.79 Å². The average molecular weight is 266 g/mol. The molecule has 2 heterocycles. The third kappa shape index (κ3) is 4.10. The van der Waals surface area contributed by atoms with Gasteiger partial charge in [0.15, 0.2) is 0 Å². The van der Waals surface area contributed by atoms with Crippen LogP contribution in [0.1, 0.15) is 37.5 Å². The number of carbonyl (C=O) groups is 1.